The van der Waals surface area contributed by atoms with E-state index < -0.39 is 18.3 Å². The minimum absolute atomic E-state index is 0.224. The molecule has 1 aromatic rings. The van der Waals surface area contributed by atoms with Gasteiger partial charge in [0.1, 0.15) is 12.2 Å². The molecule has 0 saturated heterocycles. The first-order chi connectivity index (χ1) is 10.9. The number of rotatable bonds is 7. The van der Waals surface area contributed by atoms with E-state index in [1.54, 1.807) is 6.92 Å². The monoisotopic (exact) mass is 327 g/mol. The number of allylic oxidation sites excluding steroid dienone is 1. The SMILES string of the molecule is CCOC(=O)/C=C(\C)NC(=O)Cn1nc(C2CC2)cc1C(F)F. The van der Waals surface area contributed by atoms with Crippen molar-refractivity contribution in [2.75, 3.05) is 6.61 Å². The summed E-state index contributed by atoms with van der Waals surface area (Å²) in [6, 6.07) is 1.36. The molecule has 1 amide bonds. The van der Waals surface area contributed by atoms with Crippen LogP contribution < -0.4 is 5.32 Å². The Morgan fingerprint density at radius 1 is 1.52 bits per heavy atom. The van der Waals surface area contributed by atoms with E-state index in [0.29, 0.717) is 5.69 Å². The van der Waals surface area contributed by atoms with E-state index in [4.69, 9.17) is 4.74 Å². The molecule has 2 rings (SSSR count). The van der Waals surface area contributed by atoms with Gasteiger partial charge in [-0.3, -0.25) is 9.48 Å². The second-order valence-corrected chi connectivity index (χ2v) is 5.35. The van der Waals surface area contributed by atoms with Gasteiger partial charge in [0.2, 0.25) is 5.91 Å². The Bertz CT molecular complexity index is 621. The molecule has 1 aliphatic carbocycles. The molecule has 0 bridgehead atoms. The molecule has 1 aliphatic rings. The van der Waals surface area contributed by atoms with E-state index in [1.165, 1.54) is 13.0 Å². The number of alkyl halides is 2. The zero-order valence-corrected chi connectivity index (χ0v) is 13.0. The minimum atomic E-state index is -2.70. The molecule has 23 heavy (non-hydrogen) atoms. The lowest BCUT2D eigenvalue weighted by molar-refractivity contribution is -0.137. The number of amides is 1. The van der Waals surface area contributed by atoms with Crippen molar-refractivity contribution in [2.24, 2.45) is 0 Å². The normalized spacial score (nSPS) is 14.9. The molecule has 1 saturated carbocycles. The minimum Gasteiger partial charge on any atom is -0.463 e. The van der Waals surface area contributed by atoms with Crippen LogP contribution in [0.4, 0.5) is 8.78 Å². The molecule has 0 aliphatic heterocycles. The van der Waals surface area contributed by atoms with Gasteiger partial charge in [0.25, 0.3) is 6.43 Å². The first kappa shape index (κ1) is 17.1. The maximum atomic E-state index is 13.0. The van der Waals surface area contributed by atoms with Gasteiger partial charge in [-0.15, -0.1) is 0 Å². The highest BCUT2D eigenvalue weighted by Crippen LogP contribution is 2.40. The van der Waals surface area contributed by atoms with Crippen molar-refractivity contribution in [3.05, 3.63) is 29.2 Å². The number of halogens is 2. The number of ether oxygens (including phenoxy) is 1. The third kappa shape index (κ3) is 4.87. The highest BCUT2D eigenvalue weighted by Gasteiger charge is 2.29. The smallest absolute Gasteiger partial charge is 0.332 e. The lowest BCUT2D eigenvalue weighted by atomic mass is 10.3. The zero-order chi connectivity index (χ0) is 17.0. The molecule has 0 spiro atoms. The Morgan fingerprint density at radius 3 is 2.78 bits per heavy atom. The van der Waals surface area contributed by atoms with Crippen LogP contribution >= 0.6 is 0 Å². The quantitative estimate of drug-likeness (QED) is 0.616. The van der Waals surface area contributed by atoms with Crippen molar-refractivity contribution >= 4 is 11.9 Å². The summed E-state index contributed by atoms with van der Waals surface area (Å²) in [5.41, 5.74) is 0.614. The number of carbonyl (C=O) groups excluding carboxylic acids is 2. The predicted octanol–water partition coefficient (Wildman–Crippen LogP) is 2.28. The summed E-state index contributed by atoms with van der Waals surface area (Å²) in [5, 5.41) is 6.55. The second-order valence-electron chi connectivity index (χ2n) is 5.35. The maximum Gasteiger partial charge on any atom is 0.332 e. The second kappa shape index (κ2) is 7.34. The third-order valence-electron chi connectivity index (χ3n) is 3.30. The van der Waals surface area contributed by atoms with Gasteiger partial charge in [0.15, 0.2) is 0 Å². The summed E-state index contributed by atoms with van der Waals surface area (Å²) in [5.74, 6) is -0.883. The third-order valence-corrected chi connectivity index (χ3v) is 3.30. The van der Waals surface area contributed by atoms with Crippen LogP contribution in [0.2, 0.25) is 0 Å². The molecule has 0 unspecified atom stereocenters. The van der Waals surface area contributed by atoms with Crippen molar-refractivity contribution in [1.82, 2.24) is 15.1 Å². The number of hydrogen-bond donors (Lipinski definition) is 1. The van der Waals surface area contributed by atoms with E-state index in [0.717, 1.165) is 23.6 Å². The molecule has 1 heterocycles. The fourth-order valence-electron chi connectivity index (χ4n) is 2.13. The zero-order valence-electron chi connectivity index (χ0n) is 13.0. The topological polar surface area (TPSA) is 73.2 Å². The van der Waals surface area contributed by atoms with Gasteiger partial charge in [-0.1, -0.05) is 0 Å². The highest BCUT2D eigenvalue weighted by molar-refractivity contribution is 5.84. The lowest BCUT2D eigenvalue weighted by Gasteiger charge is -2.08. The Kier molecular flexibility index (Phi) is 5.46. The summed E-state index contributed by atoms with van der Waals surface area (Å²) in [6.45, 7) is 3.08. The van der Waals surface area contributed by atoms with Gasteiger partial charge in [-0.05, 0) is 32.8 Å². The molecule has 0 aromatic carbocycles. The van der Waals surface area contributed by atoms with Crippen LogP contribution in [0.25, 0.3) is 0 Å². The first-order valence-corrected chi connectivity index (χ1v) is 7.41. The molecule has 126 valence electrons. The van der Waals surface area contributed by atoms with Crippen molar-refractivity contribution in [1.29, 1.82) is 0 Å². The standard InChI is InChI=1S/C15H19F2N3O3/c1-3-23-14(22)6-9(2)18-13(21)8-20-12(15(16)17)7-11(19-20)10-4-5-10/h6-7,10,15H,3-5,8H2,1-2H3,(H,18,21)/b9-6+. The van der Waals surface area contributed by atoms with E-state index in [9.17, 15) is 18.4 Å². The van der Waals surface area contributed by atoms with Crippen molar-refractivity contribution in [3.63, 3.8) is 0 Å². The Morgan fingerprint density at radius 2 is 2.22 bits per heavy atom. The van der Waals surface area contributed by atoms with Crippen LogP contribution in [-0.4, -0.2) is 28.3 Å². The van der Waals surface area contributed by atoms with Crippen molar-refractivity contribution in [2.45, 2.75) is 45.6 Å². The summed E-state index contributed by atoms with van der Waals surface area (Å²) in [4.78, 5) is 23.2. The molecular formula is C15H19F2N3O3. The van der Waals surface area contributed by atoms with Gasteiger partial charge >= 0.3 is 5.97 Å². The Hall–Kier alpha value is -2.25. The lowest BCUT2D eigenvalue weighted by Crippen LogP contribution is -2.28. The molecular weight excluding hydrogens is 308 g/mol. The predicted molar refractivity (Wildman–Crippen MR) is 77.7 cm³/mol. The number of aromatic nitrogens is 2. The Balaban J connectivity index is 2.00. The average Bonchev–Trinajstić information content (AvgIpc) is 3.20. The fraction of sp³-hybridized carbons (Fsp3) is 0.533. The van der Waals surface area contributed by atoms with Crippen molar-refractivity contribution in [3.8, 4) is 0 Å². The molecule has 0 atom stereocenters. The number of carbonyl (C=O) groups is 2. The molecule has 8 heteroatoms. The van der Waals surface area contributed by atoms with Gasteiger partial charge < -0.3 is 10.1 Å². The Labute approximate surface area is 132 Å². The van der Waals surface area contributed by atoms with E-state index in [1.807, 2.05) is 0 Å². The van der Waals surface area contributed by atoms with E-state index in [-0.39, 0.29) is 30.5 Å². The van der Waals surface area contributed by atoms with Crippen LogP contribution in [-0.2, 0) is 20.9 Å². The average molecular weight is 327 g/mol. The van der Waals surface area contributed by atoms with Crippen LogP contribution in [0.1, 0.15) is 50.4 Å². The summed E-state index contributed by atoms with van der Waals surface area (Å²) in [7, 11) is 0. The first-order valence-electron chi connectivity index (χ1n) is 7.41. The number of nitrogens with one attached hydrogen (secondary N) is 1. The van der Waals surface area contributed by atoms with Crippen LogP contribution in [0.3, 0.4) is 0 Å². The fourth-order valence-corrected chi connectivity index (χ4v) is 2.13. The maximum absolute atomic E-state index is 13.0. The van der Waals surface area contributed by atoms with Gasteiger partial charge in [-0.2, -0.15) is 5.10 Å². The van der Waals surface area contributed by atoms with E-state index >= 15 is 0 Å². The summed E-state index contributed by atoms with van der Waals surface area (Å²) >= 11 is 0. The van der Waals surface area contributed by atoms with E-state index in [2.05, 4.69) is 10.4 Å². The molecule has 1 fully saturated rings. The molecule has 6 nitrogen and oxygen atoms in total. The number of hydrogen-bond acceptors (Lipinski definition) is 4. The number of esters is 1. The highest BCUT2D eigenvalue weighted by atomic mass is 19.3. The van der Waals surface area contributed by atoms with Gasteiger partial charge in [0.05, 0.1) is 12.3 Å². The van der Waals surface area contributed by atoms with Gasteiger partial charge in [-0.25, -0.2) is 13.6 Å². The van der Waals surface area contributed by atoms with Gasteiger partial charge in [0, 0.05) is 17.7 Å². The molecule has 1 N–H and O–H groups in total. The largest absolute Gasteiger partial charge is 0.463 e. The van der Waals surface area contributed by atoms with Crippen LogP contribution in [0.15, 0.2) is 17.8 Å². The summed E-state index contributed by atoms with van der Waals surface area (Å²) in [6.07, 6.45) is 0.313. The van der Waals surface area contributed by atoms with Crippen molar-refractivity contribution < 1.29 is 23.1 Å². The number of nitrogens with zero attached hydrogens (tertiary/aromatic N) is 2. The van der Waals surface area contributed by atoms with Crippen LogP contribution in [0.5, 0.6) is 0 Å². The molecule has 1 aromatic heterocycles. The van der Waals surface area contributed by atoms with Crippen LogP contribution in [0, 0.1) is 0 Å². The summed E-state index contributed by atoms with van der Waals surface area (Å²) < 4.78 is 31.8. The molecule has 0 radical (unpaired) electrons.